The van der Waals surface area contributed by atoms with Crippen LogP contribution in [0, 0.1) is 0 Å². The van der Waals surface area contributed by atoms with E-state index in [2.05, 4.69) is 11.0 Å². The van der Waals surface area contributed by atoms with Crippen LogP contribution in [0.3, 0.4) is 0 Å². The minimum absolute atomic E-state index is 0.0786. The first-order chi connectivity index (χ1) is 13.4. The zero-order valence-corrected chi connectivity index (χ0v) is 17.3. The molecule has 0 atom stereocenters. The van der Waals surface area contributed by atoms with Gasteiger partial charge in [0, 0.05) is 6.54 Å². The molecule has 3 aromatic rings. The summed E-state index contributed by atoms with van der Waals surface area (Å²) in [6, 6.07) is 9.63. The lowest BCUT2D eigenvalue weighted by atomic mass is 10.3. The first-order valence-corrected chi connectivity index (χ1v) is 10.5. The molecule has 0 aliphatic carbocycles. The molecule has 1 heterocycles. The highest BCUT2D eigenvalue weighted by atomic mass is 32.2. The molecular weight excluding hydrogens is 400 g/mol. The molecule has 7 nitrogen and oxygen atoms in total. The number of ether oxygens (including phenoxy) is 3. The second-order valence-corrected chi connectivity index (χ2v) is 8.26. The summed E-state index contributed by atoms with van der Waals surface area (Å²) in [6.45, 7) is 4.12. The average molecular weight is 421 g/mol. The van der Waals surface area contributed by atoms with E-state index in [1.54, 1.807) is 49.1 Å². The van der Waals surface area contributed by atoms with Crippen molar-refractivity contribution in [2.75, 3.05) is 21.3 Å². The summed E-state index contributed by atoms with van der Waals surface area (Å²) in [5.74, 6) is 1.77. The van der Waals surface area contributed by atoms with Gasteiger partial charge in [0.2, 0.25) is 4.80 Å². The van der Waals surface area contributed by atoms with E-state index in [-0.39, 0.29) is 4.90 Å². The van der Waals surface area contributed by atoms with Gasteiger partial charge >= 0.3 is 0 Å². The first kappa shape index (κ1) is 20.0. The lowest BCUT2D eigenvalue weighted by Crippen LogP contribution is -2.16. The van der Waals surface area contributed by atoms with Crippen molar-refractivity contribution >= 4 is 31.6 Å². The van der Waals surface area contributed by atoms with Gasteiger partial charge in [-0.05, 0) is 36.4 Å². The van der Waals surface area contributed by atoms with Crippen LogP contribution in [-0.2, 0) is 16.6 Å². The molecule has 0 aliphatic rings. The van der Waals surface area contributed by atoms with Crippen molar-refractivity contribution < 1.29 is 22.6 Å². The number of fused-ring (bicyclic) bond motifs is 1. The van der Waals surface area contributed by atoms with Crippen molar-refractivity contribution in [2.45, 2.75) is 11.4 Å². The molecule has 0 N–H and O–H groups in total. The van der Waals surface area contributed by atoms with Crippen molar-refractivity contribution in [1.82, 2.24) is 4.57 Å². The second kappa shape index (κ2) is 8.07. The second-order valence-electron chi connectivity index (χ2n) is 5.67. The Balaban J connectivity index is 2.28. The van der Waals surface area contributed by atoms with Gasteiger partial charge in [0.25, 0.3) is 10.0 Å². The van der Waals surface area contributed by atoms with Crippen molar-refractivity contribution in [1.29, 1.82) is 0 Å². The van der Waals surface area contributed by atoms with Crippen LogP contribution >= 0.6 is 11.3 Å². The summed E-state index contributed by atoms with van der Waals surface area (Å²) in [6.07, 6.45) is 1.67. The molecule has 148 valence electrons. The zero-order chi connectivity index (χ0) is 20.3. The van der Waals surface area contributed by atoms with E-state index in [0.29, 0.717) is 34.1 Å². The maximum Gasteiger partial charge on any atom is 0.285 e. The van der Waals surface area contributed by atoms with E-state index in [4.69, 9.17) is 14.2 Å². The fourth-order valence-corrected chi connectivity index (χ4v) is 5.08. The lowest BCUT2D eigenvalue weighted by Gasteiger charge is -2.08. The van der Waals surface area contributed by atoms with Crippen LogP contribution in [0.5, 0.6) is 17.2 Å². The van der Waals surface area contributed by atoms with E-state index >= 15 is 0 Å². The quantitative estimate of drug-likeness (QED) is 0.549. The number of hydrogen-bond donors (Lipinski definition) is 0. The Hall–Kier alpha value is -2.78. The van der Waals surface area contributed by atoms with Crippen LogP contribution in [0.1, 0.15) is 0 Å². The van der Waals surface area contributed by atoms with Crippen LogP contribution < -0.4 is 19.0 Å². The fraction of sp³-hybridized carbons (Fsp3) is 0.211. The Labute approximate surface area is 167 Å². The number of hydrogen-bond acceptors (Lipinski definition) is 6. The maximum absolute atomic E-state index is 12.8. The molecule has 0 bridgehead atoms. The molecule has 0 saturated carbocycles. The molecule has 3 rings (SSSR count). The van der Waals surface area contributed by atoms with Gasteiger partial charge in [0.05, 0.1) is 26.2 Å². The Morgan fingerprint density at radius 3 is 2.25 bits per heavy atom. The van der Waals surface area contributed by atoms with E-state index in [9.17, 15) is 8.42 Å². The Bertz CT molecular complexity index is 1180. The van der Waals surface area contributed by atoms with Crippen LogP contribution in [0.4, 0.5) is 0 Å². The average Bonchev–Trinajstić information content (AvgIpc) is 3.05. The summed E-state index contributed by atoms with van der Waals surface area (Å²) in [5, 5.41) is 0. The van der Waals surface area contributed by atoms with E-state index in [1.165, 1.54) is 30.6 Å². The molecule has 1 aromatic heterocycles. The summed E-state index contributed by atoms with van der Waals surface area (Å²) >= 11 is 1.21. The number of aromatic nitrogens is 1. The van der Waals surface area contributed by atoms with Crippen molar-refractivity contribution in [3.8, 4) is 17.2 Å². The molecule has 0 fully saturated rings. The Morgan fingerprint density at radius 1 is 1.04 bits per heavy atom. The molecule has 28 heavy (non-hydrogen) atoms. The molecule has 2 aromatic carbocycles. The number of rotatable bonds is 7. The van der Waals surface area contributed by atoms with Crippen LogP contribution in [0.2, 0.25) is 0 Å². The van der Waals surface area contributed by atoms with E-state index in [0.717, 1.165) is 4.70 Å². The highest BCUT2D eigenvalue weighted by Gasteiger charge is 2.18. The largest absolute Gasteiger partial charge is 0.497 e. The van der Waals surface area contributed by atoms with Gasteiger partial charge in [-0.15, -0.1) is 11.0 Å². The predicted octanol–water partition coefficient (Wildman–Crippen LogP) is 3.20. The van der Waals surface area contributed by atoms with Gasteiger partial charge in [-0.1, -0.05) is 17.4 Å². The number of thiazole rings is 1. The molecule has 9 heteroatoms. The normalized spacial score (nSPS) is 12.2. The topological polar surface area (TPSA) is 79.1 Å². The van der Waals surface area contributed by atoms with E-state index in [1.807, 2.05) is 0 Å². The minimum atomic E-state index is -3.92. The van der Waals surface area contributed by atoms with Gasteiger partial charge in [-0.3, -0.25) is 0 Å². The van der Waals surface area contributed by atoms with Crippen LogP contribution in [0.25, 0.3) is 10.2 Å². The standard InChI is InChI=1S/C19H20N2O5S2/c1-5-12-21-17-15(25-3)10-11-16(26-4)18(17)27-19(21)20-28(22,23)14-8-6-13(24-2)7-9-14/h5-11H,1,12H2,2-4H3/b20-19-. The van der Waals surface area contributed by atoms with Crippen molar-refractivity contribution in [3.05, 3.63) is 53.9 Å². The van der Waals surface area contributed by atoms with Crippen LogP contribution in [0.15, 0.2) is 58.3 Å². The predicted molar refractivity (Wildman–Crippen MR) is 109 cm³/mol. The zero-order valence-electron chi connectivity index (χ0n) is 15.7. The summed E-state index contributed by atoms with van der Waals surface area (Å²) in [5.41, 5.74) is 0.704. The number of sulfonamides is 1. The monoisotopic (exact) mass is 420 g/mol. The number of benzene rings is 2. The third kappa shape index (κ3) is 3.63. The number of allylic oxidation sites excluding steroid dienone is 1. The van der Waals surface area contributed by atoms with Crippen LogP contribution in [-0.4, -0.2) is 34.3 Å². The number of methoxy groups -OCH3 is 3. The minimum Gasteiger partial charge on any atom is -0.497 e. The molecule has 0 aliphatic heterocycles. The van der Waals surface area contributed by atoms with Gasteiger partial charge in [-0.2, -0.15) is 8.42 Å². The third-order valence-corrected chi connectivity index (χ3v) is 6.55. The first-order valence-electron chi connectivity index (χ1n) is 8.25. The molecule has 0 spiro atoms. The van der Waals surface area contributed by atoms with Crippen molar-refractivity contribution in [3.63, 3.8) is 0 Å². The Morgan fingerprint density at radius 2 is 1.68 bits per heavy atom. The molecular formula is C19H20N2O5S2. The maximum atomic E-state index is 12.8. The molecule has 0 saturated heterocycles. The third-order valence-electron chi connectivity index (χ3n) is 4.06. The van der Waals surface area contributed by atoms with Gasteiger partial charge < -0.3 is 18.8 Å². The molecule has 0 unspecified atom stereocenters. The Kier molecular flexibility index (Phi) is 5.76. The fourth-order valence-electron chi connectivity index (χ4n) is 2.73. The lowest BCUT2D eigenvalue weighted by molar-refractivity contribution is 0.409. The summed E-state index contributed by atoms with van der Waals surface area (Å²) in [7, 11) is 0.712. The SMILES string of the molecule is C=CCn1/c(=N/S(=O)(=O)c2ccc(OC)cc2)sc2c(OC)ccc(OC)c21. The number of nitrogens with zero attached hydrogens (tertiary/aromatic N) is 2. The van der Waals surface area contributed by atoms with Crippen molar-refractivity contribution in [2.24, 2.45) is 4.40 Å². The highest BCUT2D eigenvalue weighted by molar-refractivity contribution is 7.90. The van der Waals surface area contributed by atoms with Gasteiger partial charge in [-0.25, -0.2) is 0 Å². The van der Waals surface area contributed by atoms with Gasteiger partial charge in [0.15, 0.2) is 0 Å². The summed E-state index contributed by atoms with van der Waals surface area (Å²) < 4.78 is 48.2. The molecule has 0 amide bonds. The summed E-state index contributed by atoms with van der Waals surface area (Å²) in [4.78, 5) is 0.378. The highest BCUT2D eigenvalue weighted by Crippen LogP contribution is 2.35. The van der Waals surface area contributed by atoms with Gasteiger partial charge in [0.1, 0.15) is 27.5 Å². The smallest absolute Gasteiger partial charge is 0.285 e. The van der Waals surface area contributed by atoms with E-state index < -0.39 is 10.0 Å². The molecule has 0 radical (unpaired) electrons.